The van der Waals surface area contributed by atoms with Crippen molar-refractivity contribution in [1.29, 1.82) is 0 Å². The smallest absolute Gasteiger partial charge is 0.408 e. The molecule has 0 radical (unpaired) electrons. The number of nitrogens with one attached hydrogen (secondary N) is 1. The van der Waals surface area contributed by atoms with Gasteiger partial charge in [-0.3, -0.25) is 4.98 Å². The van der Waals surface area contributed by atoms with Gasteiger partial charge in [0.2, 0.25) is 0 Å². The molecule has 1 atom stereocenters. The molecule has 0 aliphatic rings. The summed E-state index contributed by atoms with van der Waals surface area (Å²) in [6, 6.07) is 12.0. The number of hydrogen-bond donors (Lipinski definition) is 2. The molecule has 1 aromatic heterocycles. The molecule has 0 aliphatic carbocycles. The average Bonchev–Trinajstić information content (AvgIpc) is 2.54. The number of hydrogen-bond acceptors (Lipinski definition) is 4. The van der Waals surface area contributed by atoms with Crippen molar-refractivity contribution in [3.63, 3.8) is 0 Å². The number of benzene rings is 1. The van der Waals surface area contributed by atoms with Crippen LogP contribution >= 0.6 is 0 Å². The lowest BCUT2D eigenvalue weighted by Crippen LogP contribution is -2.44. The second-order valence-electron chi connectivity index (χ2n) is 6.65. The number of rotatable bonds is 5. The first-order valence-corrected chi connectivity index (χ1v) is 7.97. The fourth-order valence-electron chi connectivity index (χ4n) is 2.23. The summed E-state index contributed by atoms with van der Waals surface area (Å²) >= 11 is 0. The quantitative estimate of drug-likeness (QED) is 0.870. The number of carboxylic acids is 1. The number of aliphatic carboxylic acids is 1. The van der Waals surface area contributed by atoms with E-state index in [2.05, 4.69) is 10.3 Å². The fourth-order valence-corrected chi connectivity index (χ4v) is 2.23. The van der Waals surface area contributed by atoms with Gasteiger partial charge in [-0.25, -0.2) is 9.59 Å². The van der Waals surface area contributed by atoms with Gasteiger partial charge in [0.25, 0.3) is 0 Å². The van der Waals surface area contributed by atoms with Gasteiger partial charge in [0.15, 0.2) is 0 Å². The summed E-state index contributed by atoms with van der Waals surface area (Å²) in [4.78, 5) is 27.5. The van der Waals surface area contributed by atoms with Gasteiger partial charge in [0.1, 0.15) is 11.6 Å². The monoisotopic (exact) mass is 342 g/mol. The van der Waals surface area contributed by atoms with Crippen LogP contribution in [0, 0.1) is 0 Å². The summed E-state index contributed by atoms with van der Waals surface area (Å²) in [6.45, 7) is 5.16. The maximum atomic E-state index is 11.8. The molecule has 2 N–H and O–H groups in total. The lowest BCUT2D eigenvalue weighted by atomic mass is 10.0. The van der Waals surface area contributed by atoms with Crippen LogP contribution in [0.25, 0.3) is 11.3 Å². The van der Waals surface area contributed by atoms with Crippen LogP contribution in [-0.4, -0.2) is 33.8 Å². The van der Waals surface area contributed by atoms with Gasteiger partial charge in [-0.15, -0.1) is 0 Å². The number of alkyl carbamates (subject to hydrolysis) is 1. The topological polar surface area (TPSA) is 88.5 Å². The van der Waals surface area contributed by atoms with Crippen LogP contribution in [0.2, 0.25) is 0 Å². The molecule has 1 heterocycles. The third kappa shape index (κ3) is 5.91. The minimum absolute atomic E-state index is 0.164. The predicted molar refractivity (Wildman–Crippen MR) is 94.2 cm³/mol. The van der Waals surface area contributed by atoms with Crippen molar-refractivity contribution in [3.05, 3.63) is 54.2 Å². The molecule has 0 saturated heterocycles. The molecule has 132 valence electrons. The van der Waals surface area contributed by atoms with Gasteiger partial charge >= 0.3 is 12.1 Å². The van der Waals surface area contributed by atoms with Crippen molar-refractivity contribution >= 4 is 12.1 Å². The molecule has 1 aromatic carbocycles. The number of carboxylic acid groups (broad SMARTS) is 1. The molecule has 1 amide bonds. The van der Waals surface area contributed by atoms with Gasteiger partial charge in [0.05, 0.1) is 5.69 Å². The molecule has 0 unspecified atom stereocenters. The normalized spacial score (nSPS) is 12.3. The van der Waals surface area contributed by atoms with Gasteiger partial charge in [-0.05, 0) is 38.5 Å². The van der Waals surface area contributed by atoms with Crippen molar-refractivity contribution in [2.75, 3.05) is 0 Å². The Labute approximate surface area is 146 Å². The zero-order valence-corrected chi connectivity index (χ0v) is 14.5. The molecular weight excluding hydrogens is 320 g/mol. The summed E-state index contributed by atoms with van der Waals surface area (Å²) in [5, 5.41) is 11.7. The predicted octanol–water partition coefficient (Wildman–Crippen LogP) is 3.27. The van der Waals surface area contributed by atoms with E-state index in [1.54, 1.807) is 27.0 Å². The third-order valence-corrected chi connectivity index (χ3v) is 3.34. The Bertz CT molecular complexity index is 721. The standard InChI is InChI=1S/C19H22N2O4/c1-19(2,3)25-18(24)21-16(17(22)23)12-13-7-9-14(10-8-13)15-6-4-5-11-20-15/h4-11,16H,12H2,1-3H3,(H,21,24)(H,22,23)/t16-/m0/s1. The number of pyridine rings is 1. The Hall–Kier alpha value is -2.89. The Morgan fingerprint density at radius 1 is 1.16 bits per heavy atom. The second kappa shape index (κ2) is 7.79. The van der Waals surface area contributed by atoms with Gasteiger partial charge in [-0.2, -0.15) is 0 Å². The van der Waals surface area contributed by atoms with E-state index in [1.165, 1.54) is 0 Å². The molecule has 25 heavy (non-hydrogen) atoms. The summed E-state index contributed by atoms with van der Waals surface area (Å²) in [5.74, 6) is -1.11. The van der Waals surface area contributed by atoms with Crippen LogP contribution in [0.1, 0.15) is 26.3 Å². The van der Waals surface area contributed by atoms with E-state index < -0.39 is 23.7 Å². The van der Waals surface area contributed by atoms with Crippen LogP contribution in [-0.2, 0) is 16.0 Å². The molecule has 2 aromatic rings. The number of amides is 1. The lowest BCUT2D eigenvalue weighted by Gasteiger charge is -2.22. The third-order valence-electron chi connectivity index (χ3n) is 3.34. The van der Waals surface area contributed by atoms with Gasteiger partial charge in [0, 0.05) is 18.2 Å². The molecule has 2 rings (SSSR count). The van der Waals surface area contributed by atoms with E-state index in [-0.39, 0.29) is 6.42 Å². The van der Waals surface area contributed by atoms with Crippen LogP contribution in [0.5, 0.6) is 0 Å². The van der Waals surface area contributed by atoms with Crippen molar-refractivity contribution in [2.45, 2.75) is 38.8 Å². The van der Waals surface area contributed by atoms with E-state index in [1.807, 2.05) is 42.5 Å². The van der Waals surface area contributed by atoms with E-state index in [4.69, 9.17) is 4.74 Å². The number of carbonyl (C=O) groups is 2. The first-order chi connectivity index (χ1) is 11.7. The summed E-state index contributed by atoms with van der Waals surface area (Å²) in [7, 11) is 0. The number of ether oxygens (including phenoxy) is 1. The Balaban J connectivity index is 2.04. The van der Waals surface area contributed by atoms with E-state index in [0.717, 1.165) is 16.8 Å². The van der Waals surface area contributed by atoms with E-state index in [0.29, 0.717) is 0 Å². The number of carbonyl (C=O) groups excluding carboxylic acids is 1. The zero-order chi connectivity index (χ0) is 18.4. The molecule has 0 spiro atoms. The van der Waals surface area contributed by atoms with Crippen LogP contribution in [0.4, 0.5) is 4.79 Å². The molecule has 0 bridgehead atoms. The number of nitrogens with zero attached hydrogens (tertiary/aromatic N) is 1. The minimum Gasteiger partial charge on any atom is -0.480 e. The molecule has 0 fully saturated rings. The Kier molecular flexibility index (Phi) is 5.75. The summed E-state index contributed by atoms with van der Waals surface area (Å²) in [6.07, 6.45) is 1.14. The molecule has 6 nitrogen and oxygen atoms in total. The summed E-state index contributed by atoms with van der Waals surface area (Å²) in [5.41, 5.74) is 1.90. The second-order valence-corrected chi connectivity index (χ2v) is 6.65. The largest absolute Gasteiger partial charge is 0.480 e. The highest BCUT2D eigenvalue weighted by Gasteiger charge is 2.24. The lowest BCUT2D eigenvalue weighted by molar-refractivity contribution is -0.139. The van der Waals surface area contributed by atoms with E-state index in [9.17, 15) is 14.7 Å². The minimum atomic E-state index is -1.11. The molecular formula is C19H22N2O4. The first kappa shape index (κ1) is 18.4. The van der Waals surface area contributed by atoms with Gasteiger partial charge < -0.3 is 15.2 Å². The SMILES string of the molecule is CC(C)(C)OC(=O)N[C@@H](Cc1ccc(-c2ccccn2)cc1)C(=O)O. The van der Waals surface area contributed by atoms with Crippen molar-refractivity contribution in [2.24, 2.45) is 0 Å². The highest BCUT2D eigenvalue weighted by Crippen LogP contribution is 2.17. The molecule has 0 saturated carbocycles. The first-order valence-electron chi connectivity index (χ1n) is 7.97. The highest BCUT2D eigenvalue weighted by molar-refractivity contribution is 5.80. The number of aromatic nitrogens is 1. The Morgan fingerprint density at radius 2 is 1.84 bits per heavy atom. The highest BCUT2D eigenvalue weighted by atomic mass is 16.6. The maximum Gasteiger partial charge on any atom is 0.408 e. The van der Waals surface area contributed by atoms with E-state index >= 15 is 0 Å². The summed E-state index contributed by atoms with van der Waals surface area (Å²) < 4.78 is 5.11. The average molecular weight is 342 g/mol. The Morgan fingerprint density at radius 3 is 2.36 bits per heavy atom. The maximum absolute atomic E-state index is 11.8. The van der Waals surface area contributed by atoms with Crippen molar-refractivity contribution in [3.8, 4) is 11.3 Å². The van der Waals surface area contributed by atoms with Crippen LogP contribution in [0.3, 0.4) is 0 Å². The zero-order valence-electron chi connectivity index (χ0n) is 14.5. The van der Waals surface area contributed by atoms with Crippen molar-refractivity contribution in [1.82, 2.24) is 10.3 Å². The van der Waals surface area contributed by atoms with Crippen LogP contribution < -0.4 is 5.32 Å². The van der Waals surface area contributed by atoms with Gasteiger partial charge in [-0.1, -0.05) is 30.3 Å². The fraction of sp³-hybridized carbons (Fsp3) is 0.316. The molecule has 0 aliphatic heterocycles. The molecule has 6 heteroatoms. The van der Waals surface area contributed by atoms with Crippen LogP contribution in [0.15, 0.2) is 48.7 Å². The van der Waals surface area contributed by atoms with Crippen molar-refractivity contribution < 1.29 is 19.4 Å².